The molecule has 1 aliphatic rings. The van der Waals surface area contributed by atoms with Crippen LogP contribution in [0, 0.1) is 0 Å². The first kappa shape index (κ1) is 24.4. The fourth-order valence-electron chi connectivity index (χ4n) is 4.28. The molecule has 8 nitrogen and oxygen atoms in total. The summed E-state index contributed by atoms with van der Waals surface area (Å²) in [6, 6.07) is 22.1. The van der Waals surface area contributed by atoms with Crippen molar-refractivity contribution in [3.8, 4) is 11.5 Å². The Morgan fingerprint density at radius 3 is 2.57 bits per heavy atom. The van der Waals surface area contributed by atoms with Crippen LogP contribution in [0.15, 0.2) is 84.7 Å². The van der Waals surface area contributed by atoms with Crippen LogP contribution in [0.4, 0.5) is 5.95 Å². The van der Waals surface area contributed by atoms with Crippen molar-refractivity contribution in [2.75, 3.05) is 19.0 Å². The number of nitrogens with one attached hydrogen (secondary N) is 1. The molecule has 0 aliphatic carbocycles. The van der Waals surface area contributed by atoms with Gasteiger partial charge in [-0.2, -0.15) is 10.1 Å². The van der Waals surface area contributed by atoms with Gasteiger partial charge in [-0.05, 0) is 36.2 Å². The van der Waals surface area contributed by atoms with Crippen LogP contribution < -0.4 is 14.8 Å². The number of carbonyl (C=O) groups excluding carboxylic acids is 1. The molecule has 5 rings (SSSR count). The molecule has 1 N–H and O–H groups in total. The lowest BCUT2D eigenvalue weighted by atomic mass is 9.92. The molecule has 0 saturated carbocycles. The molecule has 188 valence electrons. The number of aromatic nitrogens is 3. The fraction of sp³-hybridized carbons (Fsp3) is 0.179. The van der Waals surface area contributed by atoms with E-state index in [1.165, 1.54) is 13.4 Å². The van der Waals surface area contributed by atoms with E-state index in [-0.39, 0.29) is 6.61 Å². The predicted octanol–water partition coefficient (Wildman–Crippen LogP) is 5.51. The Balaban J connectivity index is 1.59. The third-order valence-corrected chi connectivity index (χ3v) is 6.36. The highest BCUT2D eigenvalue weighted by atomic mass is 35.5. The zero-order chi connectivity index (χ0) is 25.8. The standard InChI is InChI=1S/C28H25ClN4O4/c1-3-36-23-15-19(13-14-22(23)37-16-20-11-7-8-12-21(20)29)26-24(27(34)35-2)25(18-9-5-4-6-10-18)32-28-30-17-31-33(26)28/h4-15,17,26H,3,16H2,1-2H3,(H,30,31,32)/t26-/m1/s1. The number of hydrogen-bond donors (Lipinski definition) is 1. The summed E-state index contributed by atoms with van der Waals surface area (Å²) < 4.78 is 18.9. The van der Waals surface area contributed by atoms with E-state index in [1.54, 1.807) is 4.68 Å². The van der Waals surface area contributed by atoms with Crippen molar-refractivity contribution in [3.05, 3.63) is 106 Å². The number of carbonyl (C=O) groups is 1. The third-order valence-electron chi connectivity index (χ3n) is 5.99. The van der Waals surface area contributed by atoms with Gasteiger partial charge in [0, 0.05) is 10.6 Å². The molecule has 3 aromatic carbocycles. The van der Waals surface area contributed by atoms with Crippen LogP contribution in [0.3, 0.4) is 0 Å². The number of esters is 1. The lowest BCUT2D eigenvalue weighted by molar-refractivity contribution is -0.136. The second-order valence-electron chi connectivity index (χ2n) is 8.22. The van der Waals surface area contributed by atoms with Crippen molar-refractivity contribution >= 4 is 29.2 Å². The second kappa shape index (κ2) is 10.8. The molecule has 0 saturated heterocycles. The van der Waals surface area contributed by atoms with Crippen molar-refractivity contribution in [1.29, 1.82) is 0 Å². The molecule has 9 heteroatoms. The van der Waals surface area contributed by atoms with E-state index in [9.17, 15) is 4.79 Å². The Labute approximate surface area is 219 Å². The Kier molecular flexibility index (Phi) is 7.09. The largest absolute Gasteiger partial charge is 0.490 e. The van der Waals surface area contributed by atoms with Crippen LogP contribution in [0.25, 0.3) is 5.70 Å². The lowest BCUT2D eigenvalue weighted by Gasteiger charge is -2.29. The normalized spacial score (nSPS) is 14.5. The van der Waals surface area contributed by atoms with Crippen molar-refractivity contribution in [3.63, 3.8) is 0 Å². The molecular formula is C28H25ClN4O4. The van der Waals surface area contributed by atoms with Crippen molar-refractivity contribution < 1.29 is 19.0 Å². The monoisotopic (exact) mass is 516 g/mol. The van der Waals surface area contributed by atoms with Gasteiger partial charge in [0.1, 0.15) is 19.0 Å². The van der Waals surface area contributed by atoms with E-state index in [4.69, 9.17) is 25.8 Å². The van der Waals surface area contributed by atoms with E-state index in [0.29, 0.717) is 40.3 Å². The summed E-state index contributed by atoms with van der Waals surface area (Å²) >= 11 is 6.30. The molecule has 0 bridgehead atoms. The zero-order valence-corrected chi connectivity index (χ0v) is 21.1. The Bertz CT molecular complexity index is 1450. The number of halogens is 1. The highest BCUT2D eigenvalue weighted by Crippen LogP contribution is 2.41. The maximum atomic E-state index is 13.2. The Morgan fingerprint density at radius 2 is 1.81 bits per heavy atom. The molecule has 0 spiro atoms. The van der Waals surface area contributed by atoms with E-state index in [1.807, 2.05) is 79.7 Å². The number of methoxy groups -OCH3 is 1. The number of benzene rings is 3. The first-order chi connectivity index (χ1) is 18.1. The second-order valence-corrected chi connectivity index (χ2v) is 8.63. The van der Waals surface area contributed by atoms with Gasteiger partial charge in [0.2, 0.25) is 5.95 Å². The summed E-state index contributed by atoms with van der Waals surface area (Å²) in [5.74, 6) is 1.13. The Morgan fingerprint density at radius 1 is 1.03 bits per heavy atom. The van der Waals surface area contributed by atoms with Gasteiger partial charge in [0.05, 0.1) is 25.0 Å². The van der Waals surface area contributed by atoms with Crippen molar-refractivity contribution in [2.24, 2.45) is 0 Å². The van der Waals surface area contributed by atoms with Gasteiger partial charge in [-0.15, -0.1) is 0 Å². The first-order valence-electron chi connectivity index (χ1n) is 11.8. The summed E-state index contributed by atoms with van der Waals surface area (Å²) in [5.41, 5.74) is 3.46. The smallest absolute Gasteiger partial charge is 0.338 e. The summed E-state index contributed by atoms with van der Waals surface area (Å²) in [6.07, 6.45) is 1.45. The summed E-state index contributed by atoms with van der Waals surface area (Å²) in [6.45, 7) is 2.62. The minimum absolute atomic E-state index is 0.283. The molecule has 1 aliphatic heterocycles. The molecule has 4 aromatic rings. The molecule has 1 aromatic heterocycles. The van der Waals surface area contributed by atoms with Gasteiger partial charge in [-0.25, -0.2) is 9.48 Å². The van der Waals surface area contributed by atoms with Crippen molar-refractivity contribution in [1.82, 2.24) is 14.8 Å². The van der Waals surface area contributed by atoms with Crippen LogP contribution >= 0.6 is 11.6 Å². The van der Waals surface area contributed by atoms with E-state index in [0.717, 1.165) is 16.7 Å². The topological polar surface area (TPSA) is 87.5 Å². The summed E-state index contributed by atoms with van der Waals surface area (Å²) in [7, 11) is 1.36. The van der Waals surface area contributed by atoms with Gasteiger partial charge >= 0.3 is 5.97 Å². The lowest BCUT2D eigenvalue weighted by Crippen LogP contribution is -2.29. The molecule has 2 heterocycles. The van der Waals surface area contributed by atoms with Crippen LogP contribution in [0.5, 0.6) is 11.5 Å². The average molecular weight is 517 g/mol. The predicted molar refractivity (Wildman–Crippen MR) is 141 cm³/mol. The fourth-order valence-corrected chi connectivity index (χ4v) is 4.47. The summed E-state index contributed by atoms with van der Waals surface area (Å²) in [5, 5.41) is 8.29. The molecule has 0 radical (unpaired) electrons. The average Bonchev–Trinajstić information content (AvgIpc) is 3.41. The molecule has 0 fully saturated rings. The van der Waals surface area contributed by atoms with Gasteiger partial charge in [0.15, 0.2) is 11.5 Å². The molecule has 1 atom stereocenters. The van der Waals surface area contributed by atoms with E-state index in [2.05, 4.69) is 15.4 Å². The Hall–Kier alpha value is -4.30. The molecule has 0 unspecified atom stereocenters. The van der Waals surface area contributed by atoms with E-state index < -0.39 is 12.0 Å². The van der Waals surface area contributed by atoms with Crippen molar-refractivity contribution in [2.45, 2.75) is 19.6 Å². The quantitative estimate of drug-likeness (QED) is 0.309. The third kappa shape index (κ3) is 4.88. The number of fused-ring (bicyclic) bond motifs is 1. The van der Waals surface area contributed by atoms with Gasteiger partial charge in [-0.1, -0.05) is 66.2 Å². The van der Waals surface area contributed by atoms with Crippen LogP contribution in [0.2, 0.25) is 5.02 Å². The SMILES string of the molecule is CCOc1cc([C@@H]2C(C(=O)OC)=C(c3ccccc3)Nc3ncnn32)ccc1OCc1ccccc1Cl. The number of hydrogen-bond acceptors (Lipinski definition) is 7. The van der Waals surface area contributed by atoms with Crippen LogP contribution in [0.1, 0.15) is 29.7 Å². The highest BCUT2D eigenvalue weighted by Gasteiger charge is 2.36. The molecule has 37 heavy (non-hydrogen) atoms. The zero-order valence-electron chi connectivity index (χ0n) is 20.3. The minimum atomic E-state index is -0.613. The van der Waals surface area contributed by atoms with Gasteiger partial charge in [0.25, 0.3) is 0 Å². The molecular weight excluding hydrogens is 492 g/mol. The van der Waals surface area contributed by atoms with Gasteiger partial charge in [-0.3, -0.25) is 0 Å². The number of anilines is 1. The van der Waals surface area contributed by atoms with Crippen LogP contribution in [-0.2, 0) is 16.1 Å². The molecule has 0 amide bonds. The number of ether oxygens (including phenoxy) is 3. The maximum absolute atomic E-state index is 13.2. The highest BCUT2D eigenvalue weighted by molar-refractivity contribution is 6.31. The maximum Gasteiger partial charge on any atom is 0.338 e. The summed E-state index contributed by atoms with van der Waals surface area (Å²) in [4.78, 5) is 17.5. The van der Waals surface area contributed by atoms with E-state index >= 15 is 0 Å². The van der Waals surface area contributed by atoms with Crippen LogP contribution in [-0.4, -0.2) is 34.5 Å². The number of nitrogens with zero attached hydrogens (tertiary/aromatic N) is 3. The van der Waals surface area contributed by atoms with Gasteiger partial charge < -0.3 is 19.5 Å². The number of rotatable bonds is 8. The first-order valence-corrected chi connectivity index (χ1v) is 12.2. The minimum Gasteiger partial charge on any atom is -0.490 e.